The van der Waals surface area contributed by atoms with E-state index in [0.717, 1.165) is 36.1 Å². The lowest BCUT2D eigenvalue weighted by Crippen LogP contribution is -2.53. The van der Waals surface area contributed by atoms with Gasteiger partial charge in [0.25, 0.3) is 0 Å². The monoisotopic (exact) mass is 290 g/mol. The highest BCUT2D eigenvalue weighted by Gasteiger charge is 2.50. The molecule has 1 atom stereocenters. The average molecular weight is 290 g/mol. The van der Waals surface area contributed by atoms with Crippen LogP contribution in [0.3, 0.4) is 0 Å². The topological polar surface area (TPSA) is 24.9 Å². The fraction of sp³-hybridized carbons (Fsp3) is 0.824. The zero-order valence-corrected chi connectivity index (χ0v) is 13.2. The summed E-state index contributed by atoms with van der Waals surface area (Å²) in [6.45, 7) is 3.36. The Balaban J connectivity index is 1.53. The van der Waals surface area contributed by atoms with Gasteiger partial charge in [-0.25, -0.2) is 0 Å². The highest BCUT2D eigenvalue weighted by Crippen LogP contribution is 2.57. The van der Waals surface area contributed by atoms with E-state index in [9.17, 15) is 0 Å². The molecule has 1 unspecified atom stereocenters. The number of thiazole rings is 1. The van der Waals surface area contributed by atoms with Crippen molar-refractivity contribution in [3.63, 3.8) is 0 Å². The molecule has 4 bridgehead atoms. The molecule has 1 heterocycles. The molecule has 4 saturated carbocycles. The summed E-state index contributed by atoms with van der Waals surface area (Å²) in [4.78, 5) is 5.73. The summed E-state index contributed by atoms with van der Waals surface area (Å²) in [6, 6.07) is 0.690. The van der Waals surface area contributed by atoms with Crippen molar-refractivity contribution in [2.45, 2.75) is 51.5 Å². The second kappa shape index (κ2) is 5.42. The fourth-order valence-electron chi connectivity index (χ4n) is 5.79. The molecule has 0 aliphatic heterocycles. The number of hydrogen-bond donors (Lipinski definition) is 1. The van der Waals surface area contributed by atoms with Crippen LogP contribution in [0.5, 0.6) is 0 Å². The van der Waals surface area contributed by atoms with E-state index in [2.05, 4.69) is 23.4 Å². The molecule has 1 aromatic rings. The summed E-state index contributed by atoms with van der Waals surface area (Å²) in [5.74, 6) is 5.13. The van der Waals surface area contributed by atoms with Crippen LogP contribution in [-0.4, -0.2) is 17.6 Å². The first-order valence-corrected chi connectivity index (χ1v) is 9.32. The van der Waals surface area contributed by atoms with Gasteiger partial charge in [-0.05, 0) is 74.7 Å². The summed E-state index contributed by atoms with van der Waals surface area (Å²) >= 11 is 1.83. The van der Waals surface area contributed by atoms with Gasteiger partial charge >= 0.3 is 0 Å². The average Bonchev–Trinajstić information content (AvgIpc) is 2.90. The smallest absolute Gasteiger partial charge is 0.0794 e. The van der Waals surface area contributed by atoms with Crippen LogP contribution in [0.25, 0.3) is 0 Å². The van der Waals surface area contributed by atoms with Crippen molar-refractivity contribution in [1.29, 1.82) is 0 Å². The van der Waals surface area contributed by atoms with Crippen molar-refractivity contribution in [2.75, 3.05) is 6.54 Å². The zero-order chi connectivity index (χ0) is 13.5. The predicted molar refractivity (Wildman–Crippen MR) is 83.8 cm³/mol. The summed E-state index contributed by atoms with van der Waals surface area (Å²) in [5, 5.41) is 3.83. The third kappa shape index (κ3) is 2.33. The molecule has 0 aromatic carbocycles. The van der Waals surface area contributed by atoms with Gasteiger partial charge in [-0.15, -0.1) is 11.3 Å². The van der Waals surface area contributed by atoms with Crippen molar-refractivity contribution in [3.05, 3.63) is 16.6 Å². The summed E-state index contributed by atoms with van der Waals surface area (Å²) < 4.78 is 0. The Morgan fingerprint density at radius 2 is 1.90 bits per heavy atom. The Kier molecular flexibility index (Phi) is 3.59. The highest BCUT2D eigenvalue weighted by atomic mass is 32.1. The molecular formula is C17H26N2S. The van der Waals surface area contributed by atoms with Crippen LogP contribution >= 0.6 is 11.3 Å². The number of nitrogens with zero attached hydrogens (tertiary/aromatic N) is 1. The third-order valence-corrected chi connectivity index (χ3v) is 6.94. The van der Waals surface area contributed by atoms with Gasteiger partial charge in [0, 0.05) is 17.1 Å². The van der Waals surface area contributed by atoms with E-state index >= 15 is 0 Å². The Morgan fingerprint density at radius 1 is 1.20 bits per heavy atom. The third-order valence-electron chi connectivity index (χ3n) is 6.14. The number of nitrogens with one attached hydrogen (secondary N) is 1. The molecule has 110 valence electrons. The zero-order valence-electron chi connectivity index (χ0n) is 12.4. The molecule has 4 aliphatic rings. The van der Waals surface area contributed by atoms with Crippen molar-refractivity contribution in [1.82, 2.24) is 10.3 Å². The lowest BCUT2D eigenvalue weighted by molar-refractivity contribution is -0.0514. The molecule has 0 radical (unpaired) electrons. The van der Waals surface area contributed by atoms with Gasteiger partial charge < -0.3 is 5.32 Å². The van der Waals surface area contributed by atoms with Crippen LogP contribution in [0.4, 0.5) is 0 Å². The van der Waals surface area contributed by atoms with Gasteiger partial charge in [0.15, 0.2) is 0 Å². The predicted octanol–water partition coefficient (Wildman–Crippen LogP) is 3.74. The van der Waals surface area contributed by atoms with Crippen molar-refractivity contribution < 1.29 is 0 Å². The molecule has 3 heteroatoms. The highest BCUT2D eigenvalue weighted by molar-refractivity contribution is 7.09. The van der Waals surface area contributed by atoms with E-state index in [4.69, 9.17) is 0 Å². The molecule has 4 fully saturated rings. The molecular weight excluding hydrogens is 264 g/mol. The minimum Gasteiger partial charge on any atom is -0.314 e. The SMILES string of the molecule is CCNC(Cc1cncs1)C1C2CC3CC(C2)CC1C3. The molecule has 1 N–H and O–H groups in total. The van der Waals surface area contributed by atoms with Crippen LogP contribution in [0.15, 0.2) is 11.7 Å². The second-order valence-electron chi connectivity index (χ2n) is 7.34. The van der Waals surface area contributed by atoms with Crippen LogP contribution in [-0.2, 0) is 6.42 Å². The molecule has 5 rings (SSSR count). The Labute approximate surface area is 126 Å². The van der Waals surface area contributed by atoms with E-state index in [1.807, 2.05) is 16.8 Å². The maximum atomic E-state index is 4.26. The minimum absolute atomic E-state index is 0.690. The largest absolute Gasteiger partial charge is 0.314 e. The molecule has 2 nitrogen and oxygen atoms in total. The summed E-state index contributed by atoms with van der Waals surface area (Å²) in [7, 11) is 0. The van der Waals surface area contributed by atoms with Crippen LogP contribution in [0, 0.1) is 29.6 Å². The van der Waals surface area contributed by atoms with E-state index in [0.29, 0.717) is 6.04 Å². The standard InChI is InChI=1S/C17H26N2S/c1-2-19-16(8-15-9-18-10-20-15)17-13-4-11-3-12(6-13)7-14(17)5-11/h9-14,16-17,19H,2-8H2,1H3. The molecule has 1 aromatic heterocycles. The minimum atomic E-state index is 0.690. The lowest BCUT2D eigenvalue weighted by atomic mass is 9.50. The van der Waals surface area contributed by atoms with E-state index in [-0.39, 0.29) is 0 Å². The quantitative estimate of drug-likeness (QED) is 0.893. The van der Waals surface area contributed by atoms with Gasteiger partial charge in [0.05, 0.1) is 5.51 Å². The number of hydrogen-bond acceptors (Lipinski definition) is 3. The maximum absolute atomic E-state index is 4.26. The van der Waals surface area contributed by atoms with Gasteiger partial charge in [-0.2, -0.15) is 0 Å². The normalized spacial score (nSPS) is 40.1. The van der Waals surface area contributed by atoms with E-state index < -0.39 is 0 Å². The Bertz CT molecular complexity index is 414. The van der Waals surface area contributed by atoms with Gasteiger partial charge in [0.2, 0.25) is 0 Å². The molecule has 4 aliphatic carbocycles. The maximum Gasteiger partial charge on any atom is 0.0794 e. The molecule has 0 spiro atoms. The van der Waals surface area contributed by atoms with Crippen LogP contribution in [0.1, 0.15) is 43.9 Å². The van der Waals surface area contributed by atoms with Gasteiger partial charge in [0.1, 0.15) is 0 Å². The number of rotatable bonds is 5. The van der Waals surface area contributed by atoms with Gasteiger partial charge in [-0.1, -0.05) is 6.92 Å². The number of aromatic nitrogens is 1. The van der Waals surface area contributed by atoms with Crippen LogP contribution in [0.2, 0.25) is 0 Å². The summed E-state index contributed by atoms with van der Waals surface area (Å²) in [5.41, 5.74) is 1.98. The molecule has 0 saturated heterocycles. The number of likely N-dealkylation sites (N-methyl/N-ethyl adjacent to an activating group) is 1. The molecule has 0 amide bonds. The Hall–Kier alpha value is -0.410. The van der Waals surface area contributed by atoms with Crippen molar-refractivity contribution >= 4 is 11.3 Å². The molecule has 20 heavy (non-hydrogen) atoms. The van der Waals surface area contributed by atoms with Crippen LogP contribution < -0.4 is 5.32 Å². The first kappa shape index (κ1) is 13.3. The summed E-state index contributed by atoms with van der Waals surface area (Å²) in [6.07, 6.45) is 11.0. The fourth-order valence-corrected chi connectivity index (χ4v) is 6.45. The lowest BCUT2D eigenvalue weighted by Gasteiger charge is -2.56. The van der Waals surface area contributed by atoms with Crippen molar-refractivity contribution in [2.24, 2.45) is 29.6 Å². The van der Waals surface area contributed by atoms with E-state index in [1.165, 1.54) is 37.0 Å². The van der Waals surface area contributed by atoms with Gasteiger partial charge in [-0.3, -0.25) is 4.98 Å². The van der Waals surface area contributed by atoms with Crippen molar-refractivity contribution in [3.8, 4) is 0 Å². The second-order valence-corrected chi connectivity index (χ2v) is 8.32. The first-order chi connectivity index (χ1) is 9.83. The first-order valence-electron chi connectivity index (χ1n) is 8.44. The Morgan fingerprint density at radius 3 is 2.45 bits per heavy atom. The van der Waals surface area contributed by atoms with E-state index in [1.54, 1.807) is 6.42 Å².